The van der Waals surface area contributed by atoms with Gasteiger partial charge in [-0.2, -0.15) is 5.26 Å². The van der Waals surface area contributed by atoms with Crippen molar-refractivity contribution in [2.24, 2.45) is 5.73 Å². The summed E-state index contributed by atoms with van der Waals surface area (Å²) >= 11 is 3.10. The van der Waals surface area contributed by atoms with Gasteiger partial charge in [0.05, 0.1) is 23.9 Å². The van der Waals surface area contributed by atoms with Crippen LogP contribution in [0, 0.1) is 11.3 Å². The Morgan fingerprint density at radius 2 is 2.20 bits per heavy atom. The van der Waals surface area contributed by atoms with Crippen LogP contribution in [0.5, 0.6) is 0 Å². The van der Waals surface area contributed by atoms with Crippen molar-refractivity contribution in [3.63, 3.8) is 0 Å². The first-order chi connectivity index (χ1) is 7.10. The van der Waals surface area contributed by atoms with Gasteiger partial charge < -0.3 is 5.73 Å². The van der Waals surface area contributed by atoms with E-state index in [0.717, 1.165) is 0 Å². The lowest BCUT2D eigenvalue weighted by Crippen LogP contribution is -2.06. The first-order valence-electron chi connectivity index (χ1n) is 4.13. The molecule has 2 N–H and O–H groups in total. The molecule has 0 saturated heterocycles. The van der Waals surface area contributed by atoms with Crippen molar-refractivity contribution in [3.05, 3.63) is 27.5 Å². The minimum Gasteiger partial charge on any atom is -0.325 e. The third kappa shape index (κ3) is 2.70. The summed E-state index contributed by atoms with van der Waals surface area (Å²) in [4.78, 5) is 3.93. The maximum absolute atomic E-state index is 12.6. The second-order valence-corrected chi connectivity index (χ2v) is 3.65. The zero-order valence-corrected chi connectivity index (χ0v) is 9.26. The highest BCUT2D eigenvalue weighted by Crippen LogP contribution is 2.27. The molecule has 0 aromatic carbocycles. The maximum Gasteiger partial charge on any atom is 0.265 e. The van der Waals surface area contributed by atoms with E-state index >= 15 is 0 Å². The predicted octanol–water partition coefficient (Wildman–Crippen LogP) is 2.31. The minimum atomic E-state index is -2.64. The van der Waals surface area contributed by atoms with Crippen LogP contribution in [0.2, 0.25) is 0 Å². The number of nitriles is 1. The van der Waals surface area contributed by atoms with Crippen LogP contribution in [-0.2, 0) is 13.0 Å². The largest absolute Gasteiger partial charge is 0.325 e. The highest BCUT2D eigenvalue weighted by Gasteiger charge is 2.16. The van der Waals surface area contributed by atoms with Crippen LogP contribution in [0.15, 0.2) is 10.5 Å². The van der Waals surface area contributed by atoms with Gasteiger partial charge in [0, 0.05) is 16.6 Å². The third-order valence-electron chi connectivity index (χ3n) is 1.84. The predicted molar refractivity (Wildman–Crippen MR) is 54.1 cm³/mol. The molecule has 0 bridgehead atoms. The van der Waals surface area contributed by atoms with Crippen molar-refractivity contribution in [1.29, 1.82) is 5.26 Å². The van der Waals surface area contributed by atoms with Crippen LogP contribution in [0.3, 0.4) is 0 Å². The molecule has 0 aliphatic heterocycles. The molecule has 0 radical (unpaired) electrons. The molecule has 0 aliphatic carbocycles. The summed E-state index contributed by atoms with van der Waals surface area (Å²) in [6, 6.07) is 3.07. The SMILES string of the molecule is N#CCc1nc(CN)c(Br)cc1C(F)F. The molecule has 0 spiro atoms. The molecular weight excluding hydrogens is 268 g/mol. The molecule has 0 saturated carbocycles. The summed E-state index contributed by atoms with van der Waals surface area (Å²) in [5, 5.41) is 8.48. The number of nitrogens with zero attached hydrogens (tertiary/aromatic N) is 2. The van der Waals surface area contributed by atoms with E-state index in [1.54, 1.807) is 6.07 Å². The number of aromatic nitrogens is 1. The Bertz CT molecular complexity index is 401. The van der Waals surface area contributed by atoms with Crippen molar-refractivity contribution in [2.75, 3.05) is 0 Å². The first kappa shape index (κ1) is 12.0. The topological polar surface area (TPSA) is 62.7 Å². The van der Waals surface area contributed by atoms with Gasteiger partial charge >= 0.3 is 0 Å². The van der Waals surface area contributed by atoms with E-state index in [2.05, 4.69) is 20.9 Å². The summed E-state index contributed by atoms with van der Waals surface area (Å²) in [6.45, 7) is 0.141. The van der Waals surface area contributed by atoms with Crippen molar-refractivity contribution in [1.82, 2.24) is 4.98 Å². The van der Waals surface area contributed by atoms with E-state index in [1.807, 2.05) is 0 Å². The van der Waals surface area contributed by atoms with Crippen LogP contribution in [0.25, 0.3) is 0 Å². The van der Waals surface area contributed by atoms with E-state index in [-0.39, 0.29) is 24.2 Å². The summed E-state index contributed by atoms with van der Waals surface area (Å²) in [7, 11) is 0. The molecule has 3 nitrogen and oxygen atoms in total. The molecule has 0 unspecified atom stereocenters. The zero-order valence-electron chi connectivity index (χ0n) is 7.67. The van der Waals surface area contributed by atoms with Gasteiger partial charge in [-0.1, -0.05) is 0 Å². The molecule has 15 heavy (non-hydrogen) atoms. The van der Waals surface area contributed by atoms with Crippen LogP contribution < -0.4 is 5.73 Å². The van der Waals surface area contributed by atoms with E-state index in [4.69, 9.17) is 11.0 Å². The molecule has 0 atom stereocenters. The Hall–Kier alpha value is -1.06. The molecule has 1 aromatic rings. The number of rotatable bonds is 3. The van der Waals surface area contributed by atoms with Gasteiger partial charge in [0.25, 0.3) is 6.43 Å². The Kier molecular flexibility index (Phi) is 4.12. The van der Waals surface area contributed by atoms with Crippen LogP contribution in [-0.4, -0.2) is 4.98 Å². The summed E-state index contributed by atoms with van der Waals surface area (Å²) in [5.41, 5.74) is 5.73. The van der Waals surface area contributed by atoms with Crippen molar-refractivity contribution < 1.29 is 8.78 Å². The van der Waals surface area contributed by atoms with Gasteiger partial charge in [0.1, 0.15) is 0 Å². The Morgan fingerprint density at radius 3 is 2.67 bits per heavy atom. The van der Waals surface area contributed by atoms with Gasteiger partial charge in [-0.15, -0.1) is 0 Å². The number of nitrogens with two attached hydrogens (primary N) is 1. The van der Waals surface area contributed by atoms with E-state index in [9.17, 15) is 8.78 Å². The highest BCUT2D eigenvalue weighted by molar-refractivity contribution is 9.10. The average molecular weight is 276 g/mol. The zero-order chi connectivity index (χ0) is 11.4. The molecule has 1 rings (SSSR count). The maximum atomic E-state index is 12.6. The molecule has 0 amide bonds. The van der Waals surface area contributed by atoms with E-state index in [0.29, 0.717) is 10.2 Å². The molecule has 0 fully saturated rings. The third-order valence-corrected chi connectivity index (χ3v) is 2.52. The lowest BCUT2D eigenvalue weighted by atomic mass is 10.1. The van der Waals surface area contributed by atoms with E-state index < -0.39 is 6.43 Å². The molecule has 80 valence electrons. The van der Waals surface area contributed by atoms with Crippen molar-refractivity contribution in [2.45, 2.75) is 19.4 Å². The molecular formula is C9H8BrF2N3. The summed E-state index contributed by atoms with van der Waals surface area (Å²) in [5.74, 6) is 0. The number of hydrogen-bond acceptors (Lipinski definition) is 3. The highest BCUT2D eigenvalue weighted by atomic mass is 79.9. The average Bonchev–Trinajstić information content (AvgIpc) is 2.20. The van der Waals surface area contributed by atoms with Crippen LogP contribution in [0.4, 0.5) is 8.78 Å². The Balaban J connectivity index is 3.26. The van der Waals surface area contributed by atoms with Crippen LogP contribution in [0.1, 0.15) is 23.4 Å². The number of hydrogen-bond donors (Lipinski definition) is 1. The standard InChI is InChI=1S/C9H8BrF2N3/c10-6-3-5(9(11)12)7(1-2-13)15-8(6)4-14/h3,9H,1,4,14H2. The summed E-state index contributed by atoms with van der Waals surface area (Å²) < 4.78 is 25.6. The lowest BCUT2D eigenvalue weighted by molar-refractivity contribution is 0.149. The molecule has 0 aliphatic rings. The van der Waals surface area contributed by atoms with Gasteiger partial charge in [0.2, 0.25) is 0 Å². The monoisotopic (exact) mass is 275 g/mol. The Morgan fingerprint density at radius 1 is 1.53 bits per heavy atom. The molecule has 1 aromatic heterocycles. The fourth-order valence-corrected chi connectivity index (χ4v) is 1.63. The van der Waals surface area contributed by atoms with Gasteiger partial charge in [-0.05, 0) is 22.0 Å². The fraction of sp³-hybridized carbons (Fsp3) is 0.333. The number of pyridine rings is 1. The summed E-state index contributed by atoms with van der Waals surface area (Å²) in [6.07, 6.45) is -2.77. The molecule has 1 heterocycles. The quantitative estimate of drug-likeness (QED) is 0.921. The fourth-order valence-electron chi connectivity index (χ4n) is 1.13. The van der Waals surface area contributed by atoms with Crippen LogP contribution >= 0.6 is 15.9 Å². The normalized spacial score (nSPS) is 10.4. The smallest absolute Gasteiger partial charge is 0.265 e. The van der Waals surface area contributed by atoms with Gasteiger partial charge in [-0.3, -0.25) is 4.98 Å². The second kappa shape index (κ2) is 5.14. The van der Waals surface area contributed by atoms with Gasteiger partial charge in [-0.25, -0.2) is 8.78 Å². The lowest BCUT2D eigenvalue weighted by Gasteiger charge is -2.09. The van der Waals surface area contributed by atoms with Crippen molar-refractivity contribution >= 4 is 15.9 Å². The second-order valence-electron chi connectivity index (χ2n) is 2.79. The first-order valence-corrected chi connectivity index (χ1v) is 4.92. The minimum absolute atomic E-state index is 0.0937. The number of halogens is 3. The van der Waals surface area contributed by atoms with Gasteiger partial charge in [0.15, 0.2) is 0 Å². The Labute approximate surface area is 94.0 Å². The van der Waals surface area contributed by atoms with E-state index in [1.165, 1.54) is 6.07 Å². The molecule has 6 heteroatoms. The van der Waals surface area contributed by atoms with Crippen molar-refractivity contribution in [3.8, 4) is 6.07 Å². The number of alkyl halides is 2.